The Kier molecular flexibility index (Phi) is 3.32. The van der Waals surface area contributed by atoms with Crippen molar-refractivity contribution < 1.29 is 14.6 Å². The van der Waals surface area contributed by atoms with Crippen molar-refractivity contribution in [3.8, 4) is 5.75 Å². The van der Waals surface area contributed by atoms with Crippen LogP contribution in [0.25, 0.3) is 0 Å². The third kappa shape index (κ3) is 3.00. The highest BCUT2D eigenvalue weighted by Crippen LogP contribution is 2.40. The van der Waals surface area contributed by atoms with Gasteiger partial charge in [-0.05, 0) is 36.5 Å². The number of amides is 1. The summed E-state index contributed by atoms with van der Waals surface area (Å²) in [7, 11) is 0. The molecule has 1 aromatic carbocycles. The van der Waals surface area contributed by atoms with Crippen LogP contribution in [0.15, 0.2) is 24.3 Å². The van der Waals surface area contributed by atoms with Gasteiger partial charge in [0.15, 0.2) is 0 Å². The maximum atomic E-state index is 10.8. The Hall–Kier alpha value is -1.71. The van der Waals surface area contributed by atoms with E-state index in [2.05, 4.69) is 12.1 Å². The molecule has 1 aliphatic heterocycles. The van der Waals surface area contributed by atoms with E-state index in [1.165, 1.54) is 23.3 Å². The van der Waals surface area contributed by atoms with Crippen LogP contribution in [0.4, 0.5) is 4.79 Å². The number of nitrogens with zero attached hydrogens (tertiary/aromatic N) is 1. The van der Waals surface area contributed by atoms with Crippen molar-refractivity contribution in [2.24, 2.45) is 0 Å². The first-order valence-electron chi connectivity index (χ1n) is 6.97. The summed E-state index contributed by atoms with van der Waals surface area (Å²) in [6.07, 6.45) is 3.49. The number of piperidine rings is 1. The average Bonchev–Trinajstić information content (AvgIpc) is 3.25. The molecule has 0 aromatic heterocycles. The molecule has 1 aromatic rings. The molecule has 0 spiro atoms. The Labute approximate surface area is 113 Å². The minimum atomic E-state index is -0.827. The van der Waals surface area contributed by atoms with Crippen LogP contribution in [0, 0.1) is 0 Å². The second-order valence-corrected chi connectivity index (χ2v) is 5.43. The molecular formula is C15H19NO3. The highest BCUT2D eigenvalue weighted by molar-refractivity contribution is 5.65. The van der Waals surface area contributed by atoms with Crippen molar-refractivity contribution >= 4 is 6.09 Å². The number of carboxylic acid groups (broad SMARTS) is 1. The Balaban J connectivity index is 1.52. The van der Waals surface area contributed by atoms with Crippen LogP contribution in [-0.2, 0) is 0 Å². The quantitative estimate of drug-likeness (QED) is 0.909. The van der Waals surface area contributed by atoms with Gasteiger partial charge in [-0.2, -0.15) is 0 Å². The summed E-state index contributed by atoms with van der Waals surface area (Å²) >= 11 is 0. The number of rotatable bonds is 3. The van der Waals surface area contributed by atoms with Gasteiger partial charge in [-0.25, -0.2) is 4.79 Å². The van der Waals surface area contributed by atoms with Crippen LogP contribution in [-0.4, -0.2) is 35.3 Å². The highest BCUT2D eigenvalue weighted by Gasteiger charge is 2.25. The van der Waals surface area contributed by atoms with Crippen LogP contribution in [0.3, 0.4) is 0 Å². The zero-order valence-corrected chi connectivity index (χ0v) is 10.9. The number of benzene rings is 1. The van der Waals surface area contributed by atoms with Gasteiger partial charge in [-0.3, -0.25) is 0 Å². The Morgan fingerprint density at radius 1 is 1.11 bits per heavy atom. The second kappa shape index (κ2) is 5.11. The number of likely N-dealkylation sites (tertiary alicyclic amines) is 1. The lowest BCUT2D eigenvalue weighted by Crippen LogP contribution is -2.41. The lowest BCUT2D eigenvalue weighted by molar-refractivity contribution is 0.0895. The van der Waals surface area contributed by atoms with Gasteiger partial charge in [0.05, 0.1) is 0 Å². The fourth-order valence-corrected chi connectivity index (χ4v) is 2.59. The average molecular weight is 261 g/mol. The largest absolute Gasteiger partial charge is 0.490 e. The summed E-state index contributed by atoms with van der Waals surface area (Å²) in [6.45, 7) is 1.14. The molecule has 1 amide bonds. The maximum Gasteiger partial charge on any atom is 0.407 e. The molecular weight excluding hydrogens is 242 g/mol. The zero-order chi connectivity index (χ0) is 13.2. The van der Waals surface area contributed by atoms with E-state index < -0.39 is 6.09 Å². The van der Waals surface area contributed by atoms with Crippen molar-refractivity contribution in [2.45, 2.75) is 37.7 Å². The summed E-state index contributed by atoms with van der Waals surface area (Å²) in [5.41, 5.74) is 1.41. The SMILES string of the molecule is O=C(O)N1CCC(Oc2ccc(C3CC3)cc2)CC1. The van der Waals surface area contributed by atoms with E-state index in [4.69, 9.17) is 9.84 Å². The first kappa shape index (κ1) is 12.3. The first-order chi connectivity index (χ1) is 9.22. The predicted octanol–water partition coefficient (Wildman–Crippen LogP) is 3.09. The molecule has 3 rings (SSSR count). The molecule has 1 saturated carbocycles. The number of carbonyl (C=O) groups is 1. The number of hydrogen-bond acceptors (Lipinski definition) is 2. The van der Waals surface area contributed by atoms with E-state index in [0.717, 1.165) is 24.5 Å². The minimum absolute atomic E-state index is 0.141. The topological polar surface area (TPSA) is 49.8 Å². The summed E-state index contributed by atoms with van der Waals surface area (Å²) in [5, 5.41) is 8.89. The van der Waals surface area contributed by atoms with Crippen molar-refractivity contribution in [1.29, 1.82) is 0 Å². The molecule has 0 bridgehead atoms. The van der Waals surface area contributed by atoms with Gasteiger partial charge in [0.2, 0.25) is 0 Å². The molecule has 1 aliphatic carbocycles. The molecule has 4 nitrogen and oxygen atoms in total. The molecule has 102 valence electrons. The van der Waals surface area contributed by atoms with E-state index in [0.29, 0.717) is 13.1 Å². The maximum absolute atomic E-state index is 10.8. The molecule has 1 heterocycles. The molecule has 0 unspecified atom stereocenters. The van der Waals surface area contributed by atoms with Crippen LogP contribution in [0.5, 0.6) is 5.75 Å². The van der Waals surface area contributed by atoms with Gasteiger partial charge in [0.25, 0.3) is 0 Å². The van der Waals surface area contributed by atoms with Gasteiger partial charge >= 0.3 is 6.09 Å². The Morgan fingerprint density at radius 3 is 2.26 bits per heavy atom. The highest BCUT2D eigenvalue weighted by atomic mass is 16.5. The molecule has 4 heteroatoms. The van der Waals surface area contributed by atoms with Crippen molar-refractivity contribution in [3.05, 3.63) is 29.8 Å². The third-order valence-electron chi connectivity index (χ3n) is 3.94. The summed E-state index contributed by atoms with van der Waals surface area (Å²) in [5.74, 6) is 1.67. The van der Waals surface area contributed by atoms with Gasteiger partial charge < -0.3 is 14.7 Å². The molecule has 0 atom stereocenters. The van der Waals surface area contributed by atoms with E-state index in [9.17, 15) is 4.79 Å². The molecule has 19 heavy (non-hydrogen) atoms. The van der Waals surface area contributed by atoms with Crippen molar-refractivity contribution in [1.82, 2.24) is 4.90 Å². The monoisotopic (exact) mass is 261 g/mol. The first-order valence-corrected chi connectivity index (χ1v) is 6.97. The van der Waals surface area contributed by atoms with E-state index >= 15 is 0 Å². The van der Waals surface area contributed by atoms with Gasteiger partial charge in [-0.1, -0.05) is 12.1 Å². The van der Waals surface area contributed by atoms with Gasteiger partial charge in [0, 0.05) is 25.9 Å². The lowest BCUT2D eigenvalue weighted by Gasteiger charge is -2.30. The normalized spacial score (nSPS) is 20.3. The van der Waals surface area contributed by atoms with Crippen LogP contribution in [0.1, 0.15) is 37.2 Å². The van der Waals surface area contributed by atoms with Crippen LogP contribution in [0.2, 0.25) is 0 Å². The molecule has 2 aliphatic rings. The standard InChI is InChI=1S/C15H19NO3/c17-15(18)16-9-7-14(8-10-16)19-13-5-3-12(4-6-13)11-1-2-11/h3-6,11,14H,1-2,7-10H2,(H,17,18). The summed E-state index contributed by atoms with van der Waals surface area (Å²) < 4.78 is 5.92. The summed E-state index contributed by atoms with van der Waals surface area (Å²) in [6, 6.07) is 8.38. The van der Waals surface area contributed by atoms with Crippen LogP contribution < -0.4 is 4.74 Å². The smallest absolute Gasteiger partial charge is 0.407 e. The third-order valence-corrected chi connectivity index (χ3v) is 3.94. The molecule has 2 fully saturated rings. The molecule has 0 radical (unpaired) electrons. The lowest BCUT2D eigenvalue weighted by atomic mass is 10.1. The van der Waals surface area contributed by atoms with Crippen molar-refractivity contribution in [3.63, 3.8) is 0 Å². The fourth-order valence-electron chi connectivity index (χ4n) is 2.59. The minimum Gasteiger partial charge on any atom is -0.490 e. The van der Waals surface area contributed by atoms with Crippen molar-refractivity contribution in [2.75, 3.05) is 13.1 Å². The van der Waals surface area contributed by atoms with E-state index in [1.807, 2.05) is 12.1 Å². The van der Waals surface area contributed by atoms with Gasteiger partial charge in [0.1, 0.15) is 11.9 Å². The zero-order valence-electron chi connectivity index (χ0n) is 10.9. The number of hydrogen-bond donors (Lipinski definition) is 1. The Bertz CT molecular complexity index is 445. The number of ether oxygens (including phenoxy) is 1. The fraction of sp³-hybridized carbons (Fsp3) is 0.533. The molecule has 1 saturated heterocycles. The van der Waals surface area contributed by atoms with Crippen LogP contribution >= 0.6 is 0 Å². The predicted molar refractivity (Wildman–Crippen MR) is 71.7 cm³/mol. The van der Waals surface area contributed by atoms with E-state index in [-0.39, 0.29) is 6.10 Å². The van der Waals surface area contributed by atoms with Gasteiger partial charge in [-0.15, -0.1) is 0 Å². The molecule has 1 N–H and O–H groups in total. The second-order valence-electron chi connectivity index (χ2n) is 5.43. The Morgan fingerprint density at radius 2 is 1.74 bits per heavy atom. The summed E-state index contributed by atoms with van der Waals surface area (Å²) in [4.78, 5) is 12.3. The van der Waals surface area contributed by atoms with E-state index in [1.54, 1.807) is 0 Å².